The van der Waals surface area contributed by atoms with Crippen molar-refractivity contribution in [1.29, 1.82) is 5.26 Å². The maximum Gasteiger partial charge on any atom is 0.249 e. The van der Waals surface area contributed by atoms with E-state index in [1.165, 1.54) is 0 Å². The second kappa shape index (κ2) is 5.29. The van der Waals surface area contributed by atoms with E-state index in [9.17, 15) is 14.9 Å². The standard InChI is InChI=1S/C14H16N4O2/c1-4-11-14(20)17-12(19)7-18(11)13-10(6-15)8(2)5-9(3)16-13/h5,11H,4,7H2,1-3H3,(H,17,19,20). The summed E-state index contributed by atoms with van der Waals surface area (Å²) in [5, 5.41) is 11.6. The van der Waals surface area contributed by atoms with Gasteiger partial charge in [-0.3, -0.25) is 14.9 Å². The van der Waals surface area contributed by atoms with Gasteiger partial charge in [0.15, 0.2) is 0 Å². The highest BCUT2D eigenvalue weighted by atomic mass is 16.2. The Morgan fingerprint density at radius 3 is 2.80 bits per heavy atom. The van der Waals surface area contributed by atoms with Crippen LogP contribution < -0.4 is 10.2 Å². The van der Waals surface area contributed by atoms with Crippen LogP contribution in [0.25, 0.3) is 0 Å². The van der Waals surface area contributed by atoms with E-state index in [1.54, 1.807) is 4.90 Å². The molecule has 1 aromatic rings. The van der Waals surface area contributed by atoms with Crippen LogP contribution in [0.3, 0.4) is 0 Å². The summed E-state index contributed by atoms with van der Waals surface area (Å²) in [6.45, 7) is 5.55. The van der Waals surface area contributed by atoms with Crippen LogP contribution in [0.4, 0.5) is 5.82 Å². The molecule has 1 fully saturated rings. The number of anilines is 1. The van der Waals surface area contributed by atoms with Crippen molar-refractivity contribution in [3.8, 4) is 6.07 Å². The minimum absolute atomic E-state index is 0.0365. The monoisotopic (exact) mass is 272 g/mol. The molecule has 20 heavy (non-hydrogen) atoms. The second-order valence-corrected chi connectivity index (χ2v) is 4.86. The summed E-state index contributed by atoms with van der Waals surface area (Å²) in [5.74, 6) is -0.293. The Kier molecular flexibility index (Phi) is 3.70. The summed E-state index contributed by atoms with van der Waals surface area (Å²) in [5.41, 5.74) is 1.96. The summed E-state index contributed by atoms with van der Waals surface area (Å²) in [6.07, 6.45) is 0.540. The van der Waals surface area contributed by atoms with Crippen molar-refractivity contribution in [2.45, 2.75) is 33.2 Å². The predicted octanol–water partition coefficient (Wildman–Crippen LogP) is 0.812. The molecule has 2 heterocycles. The third-order valence-electron chi connectivity index (χ3n) is 3.35. The number of piperazine rings is 1. The van der Waals surface area contributed by atoms with Gasteiger partial charge in [0.2, 0.25) is 11.8 Å². The van der Waals surface area contributed by atoms with Crippen LogP contribution >= 0.6 is 0 Å². The van der Waals surface area contributed by atoms with E-state index in [2.05, 4.69) is 16.4 Å². The molecule has 0 aromatic carbocycles. The average Bonchev–Trinajstić information content (AvgIpc) is 2.37. The molecular formula is C14H16N4O2. The van der Waals surface area contributed by atoms with Crippen molar-refractivity contribution in [3.05, 3.63) is 22.9 Å². The Balaban J connectivity index is 2.56. The van der Waals surface area contributed by atoms with E-state index in [-0.39, 0.29) is 18.4 Å². The van der Waals surface area contributed by atoms with Crippen LogP contribution in [0.1, 0.15) is 30.2 Å². The molecule has 104 valence electrons. The van der Waals surface area contributed by atoms with Gasteiger partial charge in [-0.2, -0.15) is 5.26 Å². The lowest BCUT2D eigenvalue weighted by atomic mass is 10.1. The van der Waals surface area contributed by atoms with Crippen LogP contribution in [0.5, 0.6) is 0 Å². The van der Waals surface area contributed by atoms with Crippen LogP contribution in [0, 0.1) is 25.2 Å². The van der Waals surface area contributed by atoms with Crippen LogP contribution in [-0.4, -0.2) is 29.4 Å². The lowest BCUT2D eigenvalue weighted by Gasteiger charge is -2.35. The van der Waals surface area contributed by atoms with Crippen molar-refractivity contribution >= 4 is 17.6 Å². The van der Waals surface area contributed by atoms with Crippen LogP contribution in [-0.2, 0) is 9.59 Å². The molecule has 1 atom stereocenters. The van der Waals surface area contributed by atoms with Gasteiger partial charge in [-0.05, 0) is 31.9 Å². The van der Waals surface area contributed by atoms with Gasteiger partial charge in [-0.15, -0.1) is 0 Å². The Labute approximate surface area is 117 Å². The third kappa shape index (κ3) is 2.35. The first-order valence-electron chi connectivity index (χ1n) is 6.46. The van der Waals surface area contributed by atoms with Gasteiger partial charge in [0.25, 0.3) is 0 Å². The molecule has 1 aliphatic heterocycles. The molecule has 1 N–H and O–H groups in total. The lowest BCUT2D eigenvalue weighted by Crippen LogP contribution is -2.58. The number of carbonyl (C=O) groups excluding carboxylic acids is 2. The molecule has 1 saturated heterocycles. The van der Waals surface area contributed by atoms with Crippen molar-refractivity contribution in [3.63, 3.8) is 0 Å². The van der Waals surface area contributed by atoms with Crippen molar-refractivity contribution in [2.75, 3.05) is 11.4 Å². The van der Waals surface area contributed by atoms with Gasteiger partial charge in [0.1, 0.15) is 17.9 Å². The number of pyridine rings is 1. The van der Waals surface area contributed by atoms with Gasteiger partial charge < -0.3 is 4.90 Å². The summed E-state index contributed by atoms with van der Waals surface area (Å²) in [6, 6.07) is 3.45. The molecule has 1 unspecified atom stereocenters. The zero-order valence-electron chi connectivity index (χ0n) is 11.7. The van der Waals surface area contributed by atoms with Gasteiger partial charge in [-0.25, -0.2) is 4.98 Å². The number of nitrogens with one attached hydrogen (secondary N) is 1. The van der Waals surface area contributed by atoms with Crippen molar-refractivity contribution in [2.24, 2.45) is 0 Å². The van der Waals surface area contributed by atoms with E-state index < -0.39 is 6.04 Å². The fraction of sp³-hybridized carbons (Fsp3) is 0.429. The summed E-state index contributed by atoms with van der Waals surface area (Å²) >= 11 is 0. The maximum absolute atomic E-state index is 11.9. The average molecular weight is 272 g/mol. The quantitative estimate of drug-likeness (QED) is 0.805. The Morgan fingerprint density at radius 1 is 1.50 bits per heavy atom. The minimum atomic E-state index is -0.478. The van der Waals surface area contributed by atoms with Crippen LogP contribution in [0.2, 0.25) is 0 Å². The zero-order valence-corrected chi connectivity index (χ0v) is 11.7. The molecule has 0 radical (unpaired) electrons. The lowest BCUT2D eigenvalue weighted by molar-refractivity contribution is -0.132. The molecule has 2 rings (SSSR count). The molecule has 6 nitrogen and oxygen atoms in total. The van der Waals surface area contributed by atoms with E-state index in [0.29, 0.717) is 17.8 Å². The molecular weight excluding hydrogens is 256 g/mol. The highest BCUT2D eigenvalue weighted by molar-refractivity contribution is 6.04. The van der Waals surface area contributed by atoms with E-state index in [0.717, 1.165) is 11.3 Å². The molecule has 6 heteroatoms. The third-order valence-corrected chi connectivity index (χ3v) is 3.35. The number of imide groups is 1. The van der Waals surface area contributed by atoms with E-state index >= 15 is 0 Å². The normalized spacial score (nSPS) is 18.7. The number of aryl methyl sites for hydroxylation is 2. The van der Waals surface area contributed by atoms with Gasteiger partial charge in [-0.1, -0.05) is 6.92 Å². The first-order chi connectivity index (χ1) is 9.47. The Hall–Kier alpha value is -2.42. The summed E-state index contributed by atoms with van der Waals surface area (Å²) in [4.78, 5) is 29.5. The van der Waals surface area contributed by atoms with Gasteiger partial charge >= 0.3 is 0 Å². The Morgan fingerprint density at radius 2 is 2.20 bits per heavy atom. The van der Waals surface area contributed by atoms with E-state index in [4.69, 9.17) is 0 Å². The maximum atomic E-state index is 11.9. The molecule has 0 spiro atoms. The number of rotatable bonds is 2. The Bertz CT molecular complexity index is 618. The first kappa shape index (κ1) is 14.0. The largest absolute Gasteiger partial charge is 0.334 e. The molecule has 1 aromatic heterocycles. The highest BCUT2D eigenvalue weighted by Crippen LogP contribution is 2.25. The fourth-order valence-electron chi connectivity index (χ4n) is 2.46. The van der Waals surface area contributed by atoms with E-state index in [1.807, 2.05) is 26.8 Å². The fourth-order valence-corrected chi connectivity index (χ4v) is 2.46. The number of nitrogens with zero attached hydrogens (tertiary/aromatic N) is 3. The second-order valence-electron chi connectivity index (χ2n) is 4.86. The number of nitriles is 1. The first-order valence-corrected chi connectivity index (χ1v) is 6.46. The zero-order chi connectivity index (χ0) is 14.9. The predicted molar refractivity (Wildman–Crippen MR) is 73.0 cm³/mol. The van der Waals surface area contributed by atoms with Crippen LogP contribution in [0.15, 0.2) is 6.07 Å². The number of hydrogen-bond donors (Lipinski definition) is 1. The molecule has 1 aliphatic rings. The number of amides is 2. The number of hydrogen-bond acceptors (Lipinski definition) is 5. The summed E-state index contributed by atoms with van der Waals surface area (Å²) in [7, 11) is 0. The van der Waals surface area contributed by atoms with Gasteiger partial charge in [0, 0.05) is 5.69 Å². The summed E-state index contributed by atoms with van der Waals surface area (Å²) < 4.78 is 0. The van der Waals surface area contributed by atoms with Crippen molar-refractivity contribution < 1.29 is 9.59 Å². The number of aromatic nitrogens is 1. The SMILES string of the molecule is CCC1C(=O)NC(=O)CN1c1nc(C)cc(C)c1C#N. The molecule has 0 saturated carbocycles. The minimum Gasteiger partial charge on any atom is -0.334 e. The smallest absolute Gasteiger partial charge is 0.249 e. The molecule has 0 aliphatic carbocycles. The number of carbonyl (C=O) groups is 2. The van der Waals surface area contributed by atoms with Crippen molar-refractivity contribution in [1.82, 2.24) is 10.3 Å². The highest BCUT2D eigenvalue weighted by Gasteiger charge is 2.34. The molecule has 2 amide bonds. The van der Waals surface area contributed by atoms with Gasteiger partial charge in [0.05, 0.1) is 12.1 Å². The topological polar surface area (TPSA) is 86.1 Å². The molecule has 0 bridgehead atoms.